The Labute approximate surface area is 96.0 Å². The van der Waals surface area contributed by atoms with Crippen LogP contribution in [0.25, 0.3) is 0 Å². The molecule has 2 unspecified atom stereocenters. The zero-order valence-electron chi connectivity index (χ0n) is 9.56. The lowest BCUT2D eigenvalue weighted by Gasteiger charge is -2.25. The fourth-order valence-corrected chi connectivity index (χ4v) is 2.78. The Kier molecular flexibility index (Phi) is 2.93. The van der Waals surface area contributed by atoms with Crippen LogP contribution in [0, 0.1) is 0 Å². The highest BCUT2D eigenvalue weighted by atomic mass is 16.5. The van der Waals surface area contributed by atoms with Gasteiger partial charge in [0.15, 0.2) is 0 Å². The summed E-state index contributed by atoms with van der Waals surface area (Å²) in [4.78, 5) is 4.32. The number of nitrogens with zero attached hydrogens (tertiary/aromatic N) is 2. The van der Waals surface area contributed by atoms with Crippen LogP contribution < -0.4 is 5.32 Å². The SMILES string of the molecule is c1ncn(C2CCOC2)c1C1CCCNC1. The van der Waals surface area contributed by atoms with Gasteiger partial charge in [0.2, 0.25) is 0 Å². The maximum absolute atomic E-state index is 5.46. The number of aromatic nitrogens is 2. The van der Waals surface area contributed by atoms with Crippen molar-refractivity contribution in [3.05, 3.63) is 18.2 Å². The van der Waals surface area contributed by atoms with Crippen LogP contribution >= 0.6 is 0 Å². The Morgan fingerprint density at radius 3 is 3.19 bits per heavy atom. The molecule has 0 bridgehead atoms. The van der Waals surface area contributed by atoms with E-state index in [1.54, 1.807) is 0 Å². The van der Waals surface area contributed by atoms with Gasteiger partial charge in [-0.15, -0.1) is 0 Å². The lowest BCUT2D eigenvalue weighted by atomic mass is 9.96. The number of hydrogen-bond donors (Lipinski definition) is 1. The molecule has 0 radical (unpaired) electrons. The highest BCUT2D eigenvalue weighted by Gasteiger charge is 2.24. The molecule has 3 heterocycles. The first-order chi connectivity index (χ1) is 7.95. The minimum atomic E-state index is 0.513. The van der Waals surface area contributed by atoms with Crippen molar-refractivity contribution in [2.75, 3.05) is 26.3 Å². The molecule has 1 aromatic heterocycles. The predicted molar refractivity (Wildman–Crippen MR) is 61.5 cm³/mol. The molecule has 4 nitrogen and oxygen atoms in total. The zero-order chi connectivity index (χ0) is 10.8. The van der Waals surface area contributed by atoms with Crippen molar-refractivity contribution in [3.8, 4) is 0 Å². The quantitative estimate of drug-likeness (QED) is 0.818. The summed E-state index contributed by atoms with van der Waals surface area (Å²) in [6, 6.07) is 0.513. The van der Waals surface area contributed by atoms with E-state index in [9.17, 15) is 0 Å². The van der Waals surface area contributed by atoms with Crippen LogP contribution in [0.15, 0.2) is 12.5 Å². The van der Waals surface area contributed by atoms with Gasteiger partial charge in [-0.25, -0.2) is 4.98 Å². The third kappa shape index (κ3) is 1.87. The topological polar surface area (TPSA) is 39.1 Å². The lowest BCUT2D eigenvalue weighted by molar-refractivity contribution is 0.185. The number of rotatable bonds is 2. The number of hydrogen-bond acceptors (Lipinski definition) is 3. The molecule has 0 saturated carbocycles. The molecule has 3 rings (SSSR count). The van der Waals surface area contributed by atoms with E-state index in [4.69, 9.17) is 4.74 Å². The molecular formula is C12H19N3O. The van der Waals surface area contributed by atoms with Crippen LogP contribution in [0.3, 0.4) is 0 Å². The molecule has 4 heteroatoms. The lowest BCUT2D eigenvalue weighted by Crippen LogP contribution is -2.30. The molecule has 0 spiro atoms. The van der Waals surface area contributed by atoms with Gasteiger partial charge in [0.1, 0.15) is 0 Å². The summed E-state index contributed by atoms with van der Waals surface area (Å²) in [5, 5.41) is 3.47. The Hall–Kier alpha value is -0.870. The molecule has 2 fully saturated rings. The van der Waals surface area contributed by atoms with Crippen molar-refractivity contribution in [2.24, 2.45) is 0 Å². The van der Waals surface area contributed by atoms with Gasteiger partial charge in [-0.2, -0.15) is 0 Å². The number of piperidine rings is 1. The maximum Gasteiger partial charge on any atom is 0.0951 e. The minimum Gasteiger partial charge on any atom is -0.379 e. The summed E-state index contributed by atoms with van der Waals surface area (Å²) >= 11 is 0. The van der Waals surface area contributed by atoms with E-state index in [0.717, 1.165) is 32.7 Å². The van der Waals surface area contributed by atoms with Crippen molar-refractivity contribution < 1.29 is 4.74 Å². The molecule has 1 aromatic rings. The van der Waals surface area contributed by atoms with Gasteiger partial charge in [0, 0.05) is 31.0 Å². The van der Waals surface area contributed by atoms with Crippen molar-refractivity contribution in [2.45, 2.75) is 31.2 Å². The van der Waals surface area contributed by atoms with Gasteiger partial charge < -0.3 is 14.6 Å². The normalized spacial score (nSPS) is 30.8. The highest BCUT2D eigenvalue weighted by molar-refractivity contribution is 5.10. The van der Waals surface area contributed by atoms with E-state index in [2.05, 4.69) is 14.9 Å². The van der Waals surface area contributed by atoms with E-state index < -0.39 is 0 Å². The van der Waals surface area contributed by atoms with Crippen LogP contribution in [-0.4, -0.2) is 35.9 Å². The highest BCUT2D eigenvalue weighted by Crippen LogP contribution is 2.28. The largest absolute Gasteiger partial charge is 0.379 e. The Morgan fingerprint density at radius 1 is 1.44 bits per heavy atom. The second-order valence-corrected chi connectivity index (χ2v) is 4.79. The van der Waals surface area contributed by atoms with Crippen molar-refractivity contribution >= 4 is 0 Å². The van der Waals surface area contributed by atoms with Gasteiger partial charge in [-0.3, -0.25) is 0 Å². The smallest absolute Gasteiger partial charge is 0.0951 e. The molecule has 1 N–H and O–H groups in total. The minimum absolute atomic E-state index is 0.513. The molecule has 0 amide bonds. The second-order valence-electron chi connectivity index (χ2n) is 4.79. The van der Waals surface area contributed by atoms with Gasteiger partial charge in [0.05, 0.1) is 19.0 Å². The first-order valence-corrected chi connectivity index (χ1v) is 6.25. The summed E-state index contributed by atoms with van der Waals surface area (Å²) in [5.74, 6) is 0.636. The Balaban J connectivity index is 1.80. The van der Waals surface area contributed by atoms with E-state index in [-0.39, 0.29) is 0 Å². The summed E-state index contributed by atoms with van der Waals surface area (Å²) < 4.78 is 7.80. The molecule has 0 aliphatic carbocycles. The van der Waals surface area contributed by atoms with Crippen LogP contribution in [0.4, 0.5) is 0 Å². The maximum atomic E-state index is 5.46. The molecular weight excluding hydrogens is 202 g/mol. The molecule has 2 atom stereocenters. The third-order valence-corrected chi connectivity index (χ3v) is 3.71. The first kappa shape index (κ1) is 10.3. The third-order valence-electron chi connectivity index (χ3n) is 3.71. The monoisotopic (exact) mass is 221 g/mol. The number of imidazole rings is 1. The van der Waals surface area contributed by atoms with E-state index in [1.165, 1.54) is 18.5 Å². The fraction of sp³-hybridized carbons (Fsp3) is 0.750. The summed E-state index contributed by atoms with van der Waals surface area (Å²) in [6.45, 7) is 4.01. The zero-order valence-corrected chi connectivity index (χ0v) is 9.56. The second kappa shape index (κ2) is 4.55. The van der Waals surface area contributed by atoms with Crippen molar-refractivity contribution in [1.29, 1.82) is 0 Å². The Morgan fingerprint density at radius 2 is 2.44 bits per heavy atom. The predicted octanol–water partition coefficient (Wildman–Crippen LogP) is 1.31. The molecule has 16 heavy (non-hydrogen) atoms. The summed E-state index contributed by atoms with van der Waals surface area (Å²) in [6.07, 6.45) is 7.70. The molecule has 88 valence electrons. The summed E-state index contributed by atoms with van der Waals surface area (Å²) in [7, 11) is 0. The molecule has 2 saturated heterocycles. The van der Waals surface area contributed by atoms with Gasteiger partial charge >= 0.3 is 0 Å². The first-order valence-electron chi connectivity index (χ1n) is 6.25. The Bertz CT molecular complexity index is 338. The van der Waals surface area contributed by atoms with Gasteiger partial charge in [-0.1, -0.05) is 0 Å². The van der Waals surface area contributed by atoms with Gasteiger partial charge in [0.25, 0.3) is 0 Å². The molecule has 2 aliphatic heterocycles. The fourth-order valence-electron chi connectivity index (χ4n) is 2.78. The van der Waals surface area contributed by atoms with Crippen LogP contribution in [0.2, 0.25) is 0 Å². The van der Waals surface area contributed by atoms with E-state index in [0.29, 0.717) is 12.0 Å². The van der Waals surface area contributed by atoms with E-state index >= 15 is 0 Å². The van der Waals surface area contributed by atoms with Gasteiger partial charge in [-0.05, 0) is 25.8 Å². The number of nitrogens with one attached hydrogen (secondary N) is 1. The summed E-state index contributed by atoms with van der Waals surface area (Å²) in [5.41, 5.74) is 1.39. The molecule has 2 aliphatic rings. The number of ether oxygens (including phenoxy) is 1. The van der Waals surface area contributed by atoms with E-state index in [1.807, 2.05) is 12.5 Å². The average Bonchev–Trinajstić information content (AvgIpc) is 3.01. The van der Waals surface area contributed by atoms with Crippen molar-refractivity contribution in [3.63, 3.8) is 0 Å². The average molecular weight is 221 g/mol. The standard InChI is InChI=1S/C12H19N3O/c1-2-10(6-13-4-1)12-7-14-9-15(12)11-3-5-16-8-11/h7,9-11,13H,1-6,8H2. The van der Waals surface area contributed by atoms with Crippen LogP contribution in [0.5, 0.6) is 0 Å². The van der Waals surface area contributed by atoms with Crippen molar-refractivity contribution in [1.82, 2.24) is 14.9 Å². The molecule has 0 aromatic carbocycles. The van der Waals surface area contributed by atoms with Crippen LogP contribution in [-0.2, 0) is 4.74 Å². The van der Waals surface area contributed by atoms with Crippen LogP contribution in [0.1, 0.15) is 36.9 Å².